The van der Waals surface area contributed by atoms with Gasteiger partial charge in [0.05, 0.1) is 26.0 Å². The number of aromatic nitrogens is 1. The lowest BCUT2D eigenvalue weighted by molar-refractivity contribution is 0.394. The average Bonchev–Trinajstić information content (AvgIpc) is 2.48. The van der Waals surface area contributed by atoms with Gasteiger partial charge in [0, 0.05) is 11.3 Å². The SMILES string of the molecule is CNC(c1cccc(C)n1)c1cc(OC)ccc1OC. The van der Waals surface area contributed by atoms with Gasteiger partial charge in [-0.25, -0.2) is 0 Å². The number of aryl methyl sites for hydroxylation is 1. The maximum Gasteiger partial charge on any atom is 0.124 e. The normalized spacial score (nSPS) is 12.0. The third kappa shape index (κ3) is 2.91. The van der Waals surface area contributed by atoms with Crippen LogP contribution in [0.4, 0.5) is 0 Å². The van der Waals surface area contributed by atoms with Crippen LogP contribution in [-0.4, -0.2) is 26.3 Å². The van der Waals surface area contributed by atoms with E-state index in [1.807, 2.05) is 50.4 Å². The zero-order chi connectivity index (χ0) is 14.5. The van der Waals surface area contributed by atoms with E-state index in [1.165, 1.54) is 0 Å². The molecule has 0 spiro atoms. The Balaban J connectivity index is 2.50. The summed E-state index contributed by atoms with van der Waals surface area (Å²) in [5, 5.41) is 3.29. The summed E-state index contributed by atoms with van der Waals surface area (Å²) in [7, 11) is 5.24. The van der Waals surface area contributed by atoms with E-state index in [9.17, 15) is 0 Å². The molecule has 1 aromatic carbocycles. The predicted molar refractivity (Wildman–Crippen MR) is 79.4 cm³/mol. The van der Waals surface area contributed by atoms with Gasteiger partial charge in [0.25, 0.3) is 0 Å². The van der Waals surface area contributed by atoms with Crippen LogP contribution in [0.2, 0.25) is 0 Å². The minimum atomic E-state index is -0.0417. The fourth-order valence-corrected chi connectivity index (χ4v) is 2.25. The molecule has 0 radical (unpaired) electrons. The van der Waals surface area contributed by atoms with Crippen molar-refractivity contribution in [2.75, 3.05) is 21.3 Å². The van der Waals surface area contributed by atoms with Crippen molar-refractivity contribution in [2.45, 2.75) is 13.0 Å². The third-order valence-corrected chi connectivity index (χ3v) is 3.24. The molecule has 2 aromatic rings. The number of rotatable bonds is 5. The molecule has 0 amide bonds. The summed E-state index contributed by atoms with van der Waals surface area (Å²) in [6, 6.07) is 11.7. The number of nitrogens with one attached hydrogen (secondary N) is 1. The highest BCUT2D eigenvalue weighted by Crippen LogP contribution is 2.32. The number of hydrogen-bond donors (Lipinski definition) is 1. The van der Waals surface area contributed by atoms with E-state index in [1.54, 1.807) is 14.2 Å². The largest absolute Gasteiger partial charge is 0.497 e. The average molecular weight is 272 g/mol. The van der Waals surface area contributed by atoms with E-state index in [2.05, 4.69) is 10.3 Å². The summed E-state index contributed by atoms with van der Waals surface area (Å²) >= 11 is 0. The maximum atomic E-state index is 5.46. The van der Waals surface area contributed by atoms with Crippen LogP contribution in [0.3, 0.4) is 0 Å². The Morgan fingerprint density at radius 2 is 1.90 bits per heavy atom. The van der Waals surface area contributed by atoms with Gasteiger partial charge < -0.3 is 14.8 Å². The highest BCUT2D eigenvalue weighted by molar-refractivity contribution is 5.45. The van der Waals surface area contributed by atoms with Crippen molar-refractivity contribution >= 4 is 0 Å². The Labute approximate surface area is 119 Å². The van der Waals surface area contributed by atoms with Gasteiger partial charge in [-0.1, -0.05) is 6.07 Å². The van der Waals surface area contributed by atoms with Crippen molar-refractivity contribution in [3.05, 3.63) is 53.3 Å². The van der Waals surface area contributed by atoms with Crippen LogP contribution in [0.1, 0.15) is 23.0 Å². The first-order chi connectivity index (χ1) is 9.69. The van der Waals surface area contributed by atoms with Crippen molar-refractivity contribution in [3.63, 3.8) is 0 Å². The second kappa shape index (κ2) is 6.39. The molecule has 1 atom stereocenters. The molecule has 1 unspecified atom stereocenters. The molecule has 1 aromatic heterocycles. The van der Waals surface area contributed by atoms with Crippen molar-refractivity contribution < 1.29 is 9.47 Å². The monoisotopic (exact) mass is 272 g/mol. The van der Waals surface area contributed by atoms with Gasteiger partial charge in [-0.2, -0.15) is 0 Å². The van der Waals surface area contributed by atoms with Gasteiger partial charge in [0.1, 0.15) is 11.5 Å². The van der Waals surface area contributed by atoms with Crippen LogP contribution in [0.15, 0.2) is 36.4 Å². The first-order valence-corrected chi connectivity index (χ1v) is 6.52. The van der Waals surface area contributed by atoms with Crippen LogP contribution in [0, 0.1) is 6.92 Å². The zero-order valence-electron chi connectivity index (χ0n) is 12.3. The lowest BCUT2D eigenvalue weighted by atomic mass is 10.0. The number of pyridine rings is 1. The molecule has 0 aliphatic rings. The van der Waals surface area contributed by atoms with Gasteiger partial charge in [-0.15, -0.1) is 0 Å². The van der Waals surface area contributed by atoms with Gasteiger partial charge in [0.2, 0.25) is 0 Å². The van der Waals surface area contributed by atoms with Crippen molar-refractivity contribution in [1.29, 1.82) is 0 Å². The number of benzene rings is 1. The smallest absolute Gasteiger partial charge is 0.124 e. The molecular formula is C16H20N2O2. The lowest BCUT2D eigenvalue weighted by Crippen LogP contribution is -2.20. The van der Waals surface area contributed by atoms with E-state index in [0.29, 0.717) is 0 Å². The molecule has 106 valence electrons. The van der Waals surface area contributed by atoms with Crippen LogP contribution in [0.25, 0.3) is 0 Å². The fraction of sp³-hybridized carbons (Fsp3) is 0.312. The fourth-order valence-electron chi connectivity index (χ4n) is 2.25. The van der Waals surface area contributed by atoms with Crippen molar-refractivity contribution in [2.24, 2.45) is 0 Å². The highest BCUT2D eigenvalue weighted by atomic mass is 16.5. The Morgan fingerprint density at radius 3 is 2.50 bits per heavy atom. The van der Waals surface area contributed by atoms with Crippen molar-refractivity contribution in [1.82, 2.24) is 10.3 Å². The molecule has 0 saturated carbocycles. The Morgan fingerprint density at radius 1 is 1.10 bits per heavy atom. The topological polar surface area (TPSA) is 43.4 Å². The number of ether oxygens (including phenoxy) is 2. The van der Waals surface area contributed by atoms with Crippen LogP contribution in [-0.2, 0) is 0 Å². The minimum Gasteiger partial charge on any atom is -0.497 e. The van der Waals surface area contributed by atoms with E-state index in [-0.39, 0.29) is 6.04 Å². The summed E-state index contributed by atoms with van der Waals surface area (Å²) in [5.41, 5.74) is 2.95. The first kappa shape index (κ1) is 14.3. The molecule has 0 fully saturated rings. The molecular weight excluding hydrogens is 252 g/mol. The van der Waals surface area contributed by atoms with Crippen molar-refractivity contribution in [3.8, 4) is 11.5 Å². The highest BCUT2D eigenvalue weighted by Gasteiger charge is 2.18. The molecule has 1 heterocycles. The zero-order valence-corrected chi connectivity index (χ0v) is 12.3. The second-order valence-corrected chi connectivity index (χ2v) is 4.53. The number of methoxy groups -OCH3 is 2. The Kier molecular flexibility index (Phi) is 4.58. The molecule has 20 heavy (non-hydrogen) atoms. The molecule has 0 aliphatic carbocycles. The van der Waals surface area contributed by atoms with E-state index < -0.39 is 0 Å². The second-order valence-electron chi connectivity index (χ2n) is 4.53. The van der Waals surface area contributed by atoms with Crippen LogP contribution >= 0.6 is 0 Å². The van der Waals surface area contributed by atoms with E-state index in [4.69, 9.17) is 9.47 Å². The maximum absolute atomic E-state index is 5.46. The molecule has 1 N–H and O–H groups in total. The molecule has 4 heteroatoms. The molecule has 0 aliphatic heterocycles. The molecule has 0 saturated heterocycles. The number of hydrogen-bond acceptors (Lipinski definition) is 4. The molecule has 4 nitrogen and oxygen atoms in total. The summed E-state index contributed by atoms with van der Waals surface area (Å²) in [6.07, 6.45) is 0. The van der Waals surface area contributed by atoms with Gasteiger partial charge in [-0.05, 0) is 44.3 Å². The minimum absolute atomic E-state index is 0.0417. The van der Waals surface area contributed by atoms with Gasteiger partial charge in [-0.3, -0.25) is 4.98 Å². The van der Waals surface area contributed by atoms with E-state index >= 15 is 0 Å². The quantitative estimate of drug-likeness (QED) is 0.909. The van der Waals surface area contributed by atoms with Gasteiger partial charge in [0.15, 0.2) is 0 Å². The van der Waals surface area contributed by atoms with Crippen LogP contribution in [0.5, 0.6) is 11.5 Å². The standard InChI is InChI=1S/C16H20N2O2/c1-11-6-5-7-14(18-11)16(17-2)13-10-12(19-3)8-9-15(13)20-4/h5-10,16-17H,1-4H3. The molecule has 0 bridgehead atoms. The van der Waals surface area contributed by atoms with E-state index in [0.717, 1.165) is 28.5 Å². The van der Waals surface area contributed by atoms with Crippen LogP contribution < -0.4 is 14.8 Å². The Hall–Kier alpha value is -2.07. The summed E-state index contributed by atoms with van der Waals surface area (Å²) in [6.45, 7) is 1.99. The summed E-state index contributed by atoms with van der Waals surface area (Å²) < 4.78 is 10.8. The summed E-state index contributed by atoms with van der Waals surface area (Å²) in [4.78, 5) is 4.59. The lowest BCUT2D eigenvalue weighted by Gasteiger charge is -2.20. The molecule has 2 rings (SSSR count). The predicted octanol–water partition coefficient (Wildman–Crippen LogP) is 2.72. The third-order valence-electron chi connectivity index (χ3n) is 3.24. The number of nitrogens with zero attached hydrogens (tertiary/aromatic N) is 1. The Bertz CT molecular complexity index is 584. The first-order valence-electron chi connectivity index (χ1n) is 6.52. The summed E-state index contributed by atoms with van der Waals surface area (Å²) in [5.74, 6) is 1.61. The van der Waals surface area contributed by atoms with Gasteiger partial charge >= 0.3 is 0 Å².